The summed E-state index contributed by atoms with van der Waals surface area (Å²) in [5, 5.41) is 5.49. The molecule has 1 aromatic carbocycles. The SMILES string of the molecule is CC[C@H](C)C(=O)Nc1cccc(NC(C)=O)c1. The molecular formula is C13H18N2O2. The maximum atomic E-state index is 11.7. The highest BCUT2D eigenvalue weighted by Crippen LogP contribution is 2.16. The van der Waals surface area contributed by atoms with Crippen molar-refractivity contribution in [3.05, 3.63) is 24.3 Å². The third-order valence-corrected chi connectivity index (χ3v) is 2.51. The lowest BCUT2D eigenvalue weighted by molar-refractivity contribution is -0.119. The van der Waals surface area contributed by atoms with Gasteiger partial charge in [0.25, 0.3) is 0 Å². The van der Waals surface area contributed by atoms with Crippen LogP contribution in [0.4, 0.5) is 11.4 Å². The number of hydrogen-bond acceptors (Lipinski definition) is 2. The van der Waals surface area contributed by atoms with Crippen molar-refractivity contribution in [2.45, 2.75) is 27.2 Å². The third kappa shape index (κ3) is 4.26. The van der Waals surface area contributed by atoms with Crippen molar-refractivity contribution in [2.75, 3.05) is 10.6 Å². The first-order chi connectivity index (χ1) is 8.02. The van der Waals surface area contributed by atoms with Gasteiger partial charge >= 0.3 is 0 Å². The van der Waals surface area contributed by atoms with E-state index in [1.54, 1.807) is 24.3 Å². The van der Waals surface area contributed by atoms with Gasteiger partial charge in [0.1, 0.15) is 0 Å². The van der Waals surface area contributed by atoms with Crippen LogP contribution in [-0.2, 0) is 9.59 Å². The first-order valence-electron chi connectivity index (χ1n) is 5.71. The summed E-state index contributed by atoms with van der Waals surface area (Å²) in [5.74, 6) is -0.151. The van der Waals surface area contributed by atoms with Gasteiger partial charge in [0, 0.05) is 24.2 Å². The van der Waals surface area contributed by atoms with Crippen LogP contribution in [0.1, 0.15) is 27.2 Å². The van der Waals surface area contributed by atoms with Crippen molar-refractivity contribution in [3.8, 4) is 0 Å². The Bertz CT molecular complexity index is 416. The first kappa shape index (κ1) is 13.2. The minimum absolute atomic E-state index is 0.00697. The van der Waals surface area contributed by atoms with E-state index in [0.717, 1.165) is 6.42 Å². The predicted octanol–water partition coefficient (Wildman–Crippen LogP) is 2.63. The number of amides is 2. The van der Waals surface area contributed by atoms with Gasteiger partial charge in [0.15, 0.2) is 0 Å². The smallest absolute Gasteiger partial charge is 0.227 e. The summed E-state index contributed by atoms with van der Waals surface area (Å²) in [5.41, 5.74) is 1.38. The van der Waals surface area contributed by atoms with Gasteiger partial charge in [-0.3, -0.25) is 9.59 Å². The third-order valence-electron chi connectivity index (χ3n) is 2.51. The fourth-order valence-corrected chi connectivity index (χ4v) is 1.33. The molecule has 92 valence electrons. The van der Waals surface area contributed by atoms with E-state index in [9.17, 15) is 9.59 Å². The molecule has 0 saturated heterocycles. The average molecular weight is 234 g/mol. The molecule has 1 atom stereocenters. The lowest BCUT2D eigenvalue weighted by Crippen LogP contribution is -2.19. The first-order valence-corrected chi connectivity index (χ1v) is 5.71. The molecule has 0 fully saturated rings. The molecule has 2 amide bonds. The lowest BCUT2D eigenvalue weighted by atomic mass is 10.1. The van der Waals surface area contributed by atoms with Crippen molar-refractivity contribution in [2.24, 2.45) is 5.92 Å². The van der Waals surface area contributed by atoms with Gasteiger partial charge in [-0.15, -0.1) is 0 Å². The van der Waals surface area contributed by atoms with Crippen molar-refractivity contribution in [3.63, 3.8) is 0 Å². The lowest BCUT2D eigenvalue weighted by Gasteiger charge is -2.11. The standard InChI is InChI=1S/C13H18N2O2/c1-4-9(2)13(17)15-12-7-5-6-11(8-12)14-10(3)16/h5-9H,4H2,1-3H3,(H,14,16)(H,15,17)/t9-/m0/s1. The summed E-state index contributed by atoms with van der Waals surface area (Å²) in [7, 11) is 0. The van der Waals surface area contributed by atoms with Gasteiger partial charge < -0.3 is 10.6 Å². The van der Waals surface area contributed by atoms with E-state index >= 15 is 0 Å². The highest BCUT2D eigenvalue weighted by atomic mass is 16.2. The van der Waals surface area contributed by atoms with Crippen LogP contribution in [0.5, 0.6) is 0 Å². The highest BCUT2D eigenvalue weighted by Gasteiger charge is 2.10. The summed E-state index contributed by atoms with van der Waals surface area (Å²) >= 11 is 0. The van der Waals surface area contributed by atoms with Gasteiger partial charge in [-0.1, -0.05) is 19.9 Å². The van der Waals surface area contributed by atoms with Gasteiger partial charge in [-0.2, -0.15) is 0 Å². The summed E-state index contributed by atoms with van der Waals surface area (Å²) in [6, 6.07) is 7.10. The molecule has 4 nitrogen and oxygen atoms in total. The minimum Gasteiger partial charge on any atom is -0.326 e. The Morgan fingerprint density at radius 3 is 2.35 bits per heavy atom. The highest BCUT2D eigenvalue weighted by molar-refractivity contribution is 5.94. The molecule has 0 aliphatic heterocycles. The molecule has 4 heteroatoms. The number of carbonyl (C=O) groups is 2. The summed E-state index contributed by atoms with van der Waals surface area (Å²) < 4.78 is 0. The summed E-state index contributed by atoms with van der Waals surface area (Å²) in [6.45, 7) is 5.30. The van der Waals surface area contributed by atoms with Crippen molar-refractivity contribution in [1.82, 2.24) is 0 Å². The van der Waals surface area contributed by atoms with Crippen LogP contribution in [0.15, 0.2) is 24.3 Å². The van der Waals surface area contributed by atoms with E-state index in [1.165, 1.54) is 6.92 Å². The molecule has 1 rings (SSSR count). The Morgan fingerprint density at radius 2 is 1.82 bits per heavy atom. The predicted molar refractivity (Wildman–Crippen MR) is 68.8 cm³/mol. The molecule has 0 radical (unpaired) electrons. The van der Waals surface area contributed by atoms with E-state index in [1.807, 2.05) is 13.8 Å². The Labute approximate surface area is 101 Å². The van der Waals surface area contributed by atoms with Crippen LogP contribution in [0, 0.1) is 5.92 Å². The zero-order valence-corrected chi connectivity index (χ0v) is 10.4. The van der Waals surface area contributed by atoms with E-state index in [2.05, 4.69) is 10.6 Å². The molecule has 2 N–H and O–H groups in total. The number of hydrogen-bond donors (Lipinski definition) is 2. The van der Waals surface area contributed by atoms with Crippen LogP contribution in [-0.4, -0.2) is 11.8 Å². The fourth-order valence-electron chi connectivity index (χ4n) is 1.33. The Hall–Kier alpha value is -1.84. The second-order valence-electron chi connectivity index (χ2n) is 4.06. The Morgan fingerprint density at radius 1 is 1.24 bits per heavy atom. The van der Waals surface area contributed by atoms with Gasteiger partial charge in [0.2, 0.25) is 11.8 Å². The van der Waals surface area contributed by atoms with E-state index < -0.39 is 0 Å². The van der Waals surface area contributed by atoms with E-state index in [-0.39, 0.29) is 17.7 Å². The van der Waals surface area contributed by atoms with Crippen molar-refractivity contribution < 1.29 is 9.59 Å². The van der Waals surface area contributed by atoms with Crippen LogP contribution < -0.4 is 10.6 Å². The molecule has 0 aliphatic rings. The van der Waals surface area contributed by atoms with Crippen LogP contribution in [0.2, 0.25) is 0 Å². The fraction of sp³-hybridized carbons (Fsp3) is 0.385. The van der Waals surface area contributed by atoms with Crippen molar-refractivity contribution in [1.29, 1.82) is 0 Å². The molecule has 0 heterocycles. The summed E-state index contributed by atoms with van der Waals surface area (Å²) in [6.07, 6.45) is 0.803. The zero-order valence-electron chi connectivity index (χ0n) is 10.4. The van der Waals surface area contributed by atoms with E-state index in [4.69, 9.17) is 0 Å². The molecule has 1 aromatic rings. The topological polar surface area (TPSA) is 58.2 Å². The minimum atomic E-state index is -0.129. The second kappa shape index (κ2) is 6.03. The van der Waals surface area contributed by atoms with Crippen LogP contribution in [0.3, 0.4) is 0 Å². The quantitative estimate of drug-likeness (QED) is 0.841. The maximum absolute atomic E-state index is 11.7. The molecule has 0 unspecified atom stereocenters. The van der Waals surface area contributed by atoms with Crippen LogP contribution >= 0.6 is 0 Å². The van der Waals surface area contributed by atoms with Gasteiger partial charge in [-0.05, 0) is 24.6 Å². The number of rotatable bonds is 4. The monoisotopic (exact) mass is 234 g/mol. The second-order valence-corrected chi connectivity index (χ2v) is 4.06. The van der Waals surface area contributed by atoms with Crippen molar-refractivity contribution >= 4 is 23.2 Å². The number of nitrogens with one attached hydrogen (secondary N) is 2. The average Bonchev–Trinajstić information content (AvgIpc) is 2.27. The molecular weight excluding hydrogens is 216 g/mol. The van der Waals surface area contributed by atoms with Gasteiger partial charge in [0.05, 0.1) is 0 Å². The molecule has 0 bridgehead atoms. The molecule has 0 aromatic heterocycles. The van der Waals surface area contributed by atoms with E-state index in [0.29, 0.717) is 11.4 Å². The summed E-state index contributed by atoms with van der Waals surface area (Å²) in [4.78, 5) is 22.6. The normalized spacial score (nSPS) is 11.7. The van der Waals surface area contributed by atoms with Gasteiger partial charge in [-0.25, -0.2) is 0 Å². The number of benzene rings is 1. The Balaban J connectivity index is 2.72. The largest absolute Gasteiger partial charge is 0.326 e. The maximum Gasteiger partial charge on any atom is 0.227 e. The zero-order chi connectivity index (χ0) is 12.8. The number of anilines is 2. The molecule has 0 aliphatic carbocycles. The molecule has 17 heavy (non-hydrogen) atoms. The molecule has 0 saturated carbocycles. The van der Waals surface area contributed by atoms with Crippen LogP contribution in [0.25, 0.3) is 0 Å². The molecule has 0 spiro atoms. The number of carbonyl (C=O) groups excluding carboxylic acids is 2. The Kier molecular flexibility index (Phi) is 4.69.